The summed E-state index contributed by atoms with van der Waals surface area (Å²) in [6.07, 6.45) is 2.34. The van der Waals surface area contributed by atoms with E-state index < -0.39 is 0 Å². The van der Waals surface area contributed by atoms with Crippen LogP contribution in [0.2, 0.25) is 0 Å². The summed E-state index contributed by atoms with van der Waals surface area (Å²) >= 11 is 0. The molecule has 1 amide bonds. The first kappa shape index (κ1) is 13.5. The monoisotopic (exact) mass is 297 g/mol. The number of benzene rings is 1. The van der Waals surface area contributed by atoms with Crippen LogP contribution < -0.4 is 0 Å². The minimum absolute atomic E-state index is 0.0879. The van der Waals surface area contributed by atoms with Crippen LogP contribution >= 0.6 is 0 Å². The van der Waals surface area contributed by atoms with E-state index in [-0.39, 0.29) is 11.8 Å². The predicted octanol–water partition coefficient (Wildman–Crippen LogP) is 2.80. The smallest absolute Gasteiger partial charge is 0.253 e. The third kappa shape index (κ3) is 2.40. The van der Waals surface area contributed by atoms with Crippen molar-refractivity contribution in [1.29, 1.82) is 0 Å². The zero-order valence-corrected chi connectivity index (χ0v) is 12.9. The SMILES string of the molecule is Cc1cc(C)cc(C(=O)N2CC(c3nc(C4CC4)no3)C2)c1. The van der Waals surface area contributed by atoms with Crippen molar-refractivity contribution in [3.8, 4) is 0 Å². The van der Waals surface area contributed by atoms with Crippen molar-refractivity contribution in [1.82, 2.24) is 15.0 Å². The zero-order chi connectivity index (χ0) is 15.3. The number of aromatic nitrogens is 2. The Morgan fingerprint density at radius 3 is 2.45 bits per heavy atom. The average Bonchev–Trinajstić information content (AvgIpc) is 3.16. The van der Waals surface area contributed by atoms with E-state index in [1.54, 1.807) is 0 Å². The Morgan fingerprint density at radius 1 is 1.14 bits per heavy atom. The van der Waals surface area contributed by atoms with E-state index in [1.807, 2.05) is 30.9 Å². The highest BCUT2D eigenvalue weighted by molar-refractivity contribution is 5.95. The molecule has 2 heterocycles. The number of carbonyl (C=O) groups is 1. The number of likely N-dealkylation sites (tertiary alicyclic amines) is 1. The maximum absolute atomic E-state index is 12.5. The number of amides is 1. The molecule has 22 heavy (non-hydrogen) atoms. The fourth-order valence-electron chi connectivity index (χ4n) is 3.00. The molecule has 114 valence electrons. The van der Waals surface area contributed by atoms with Gasteiger partial charge >= 0.3 is 0 Å². The van der Waals surface area contributed by atoms with Gasteiger partial charge in [-0.1, -0.05) is 22.3 Å². The molecule has 5 heteroatoms. The van der Waals surface area contributed by atoms with Gasteiger partial charge in [0.05, 0.1) is 5.92 Å². The summed E-state index contributed by atoms with van der Waals surface area (Å²) in [5.41, 5.74) is 3.00. The highest BCUT2D eigenvalue weighted by atomic mass is 16.5. The molecule has 1 saturated heterocycles. The number of hydrogen-bond donors (Lipinski definition) is 0. The third-order valence-electron chi connectivity index (χ3n) is 4.39. The van der Waals surface area contributed by atoms with E-state index in [2.05, 4.69) is 16.2 Å². The van der Waals surface area contributed by atoms with Gasteiger partial charge in [0.2, 0.25) is 5.89 Å². The summed E-state index contributed by atoms with van der Waals surface area (Å²) in [6, 6.07) is 5.97. The maximum atomic E-state index is 12.5. The molecule has 0 radical (unpaired) electrons. The largest absolute Gasteiger partial charge is 0.339 e. The molecule has 2 fully saturated rings. The Kier molecular flexibility index (Phi) is 3.03. The fourth-order valence-corrected chi connectivity index (χ4v) is 3.00. The molecule has 1 aliphatic carbocycles. The topological polar surface area (TPSA) is 59.2 Å². The molecule has 1 aromatic carbocycles. The minimum atomic E-state index is 0.0879. The van der Waals surface area contributed by atoms with Gasteiger partial charge in [-0.05, 0) is 38.8 Å². The lowest BCUT2D eigenvalue weighted by Crippen LogP contribution is -2.48. The Balaban J connectivity index is 1.42. The molecule has 0 unspecified atom stereocenters. The highest BCUT2D eigenvalue weighted by Crippen LogP contribution is 2.39. The van der Waals surface area contributed by atoms with E-state index in [0.717, 1.165) is 22.5 Å². The molecule has 2 aliphatic rings. The highest BCUT2D eigenvalue weighted by Gasteiger charge is 2.37. The zero-order valence-electron chi connectivity index (χ0n) is 12.9. The van der Waals surface area contributed by atoms with Gasteiger partial charge in [0, 0.05) is 24.6 Å². The van der Waals surface area contributed by atoms with Gasteiger partial charge < -0.3 is 9.42 Å². The van der Waals surface area contributed by atoms with Gasteiger partial charge in [0.15, 0.2) is 5.82 Å². The van der Waals surface area contributed by atoms with Crippen LogP contribution in [0.4, 0.5) is 0 Å². The van der Waals surface area contributed by atoms with Crippen LogP contribution in [0.5, 0.6) is 0 Å². The van der Waals surface area contributed by atoms with Gasteiger partial charge in [0.25, 0.3) is 5.91 Å². The standard InChI is InChI=1S/C17H19N3O2/c1-10-5-11(2)7-13(6-10)17(21)20-8-14(9-20)16-18-15(19-22-16)12-3-4-12/h5-7,12,14H,3-4,8-9H2,1-2H3. The third-order valence-corrected chi connectivity index (χ3v) is 4.39. The van der Waals surface area contributed by atoms with Crippen LogP contribution in [0.25, 0.3) is 0 Å². The van der Waals surface area contributed by atoms with Crippen molar-refractivity contribution >= 4 is 5.91 Å². The van der Waals surface area contributed by atoms with Gasteiger partial charge in [-0.2, -0.15) is 4.98 Å². The summed E-state index contributed by atoms with van der Waals surface area (Å²) < 4.78 is 5.34. The molecule has 1 aromatic heterocycles. The van der Waals surface area contributed by atoms with Crippen molar-refractivity contribution in [2.24, 2.45) is 0 Å². The van der Waals surface area contributed by atoms with Crippen LogP contribution in [0.1, 0.15) is 57.9 Å². The number of carbonyl (C=O) groups excluding carboxylic acids is 1. The van der Waals surface area contributed by atoms with E-state index in [1.165, 1.54) is 12.8 Å². The summed E-state index contributed by atoms with van der Waals surface area (Å²) in [6.45, 7) is 5.36. The molecule has 0 N–H and O–H groups in total. The van der Waals surface area contributed by atoms with Crippen molar-refractivity contribution in [2.75, 3.05) is 13.1 Å². The van der Waals surface area contributed by atoms with Crippen LogP contribution in [-0.2, 0) is 0 Å². The minimum Gasteiger partial charge on any atom is -0.339 e. The number of rotatable bonds is 3. The number of nitrogens with zero attached hydrogens (tertiary/aromatic N) is 3. The normalized spacial score (nSPS) is 18.4. The first-order valence-electron chi connectivity index (χ1n) is 7.81. The van der Waals surface area contributed by atoms with Crippen LogP contribution in [0, 0.1) is 13.8 Å². The molecule has 0 atom stereocenters. The van der Waals surface area contributed by atoms with Crippen molar-refractivity contribution in [3.05, 3.63) is 46.6 Å². The first-order chi connectivity index (χ1) is 10.6. The van der Waals surface area contributed by atoms with Crippen LogP contribution in [-0.4, -0.2) is 34.0 Å². The summed E-state index contributed by atoms with van der Waals surface area (Å²) in [5, 5.41) is 4.04. The lowest BCUT2D eigenvalue weighted by molar-refractivity contribution is 0.0569. The van der Waals surface area contributed by atoms with Crippen LogP contribution in [0.3, 0.4) is 0 Å². The Morgan fingerprint density at radius 2 is 1.82 bits per heavy atom. The molecule has 0 bridgehead atoms. The lowest BCUT2D eigenvalue weighted by Gasteiger charge is -2.37. The number of hydrogen-bond acceptors (Lipinski definition) is 4. The maximum Gasteiger partial charge on any atom is 0.253 e. The van der Waals surface area contributed by atoms with Crippen molar-refractivity contribution < 1.29 is 9.32 Å². The molecule has 2 aromatic rings. The van der Waals surface area contributed by atoms with E-state index >= 15 is 0 Å². The summed E-state index contributed by atoms with van der Waals surface area (Å²) in [5.74, 6) is 2.31. The first-order valence-corrected chi connectivity index (χ1v) is 7.81. The Hall–Kier alpha value is -2.17. The van der Waals surface area contributed by atoms with E-state index in [0.29, 0.717) is 24.9 Å². The average molecular weight is 297 g/mol. The second kappa shape index (κ2) is 4.93. The predicted molar refractivity (Wildman–Crippen MR) is 80.8 cm³/mol. The van der Waals surface area contributed by atoms with Crippen LogP contribution in [0.15, 0.2) is 22.7 Å². The van der Waals surface area contributed by atoms with E-state index in [4.69, 9.17) is 4.52 Å². The van der Waals surface area contributed by atoms with E-state index in [9.17, 15) is 4.79 Å². The Labute approximate surface area is 129 Å². The molecular formula is C17H19N3O2. The van der Waals surface area contributed by atoms with Gasteiger partial charge in [0.1, 0.15) is 0 Å². The molecule has 1 saturated carbocycles. The van der Waals surface area contributed by atoms with Crippen molar-refractivity contribution in [2.45, 2.75) is 38.5 Å². The lowest BCUT2D eigenvalue weighted by atomic mass is 9.98. The van der Waals surface area contributed by atoms with Gasteiger partial charge in [-0.3, -0.25) is 4.79 Å². The molecule has 1 aliphatic heterocycles. The second-order valence-corrected chi connectivity index (χ2v) is 6.55. The second-order valence-electron chi connectivity index (χ2n) is 6.55. The summed E-state index contributed by atoms with van der Waals surface area (Å²) in [4.78, 5) is 18.8. The molecule has 4 rings (SSSR count). The number of aryl methyl sites for hydroxylation is 2. The molecular weight excluding hydrogens is 278 g/mol. The quantitative estimate of drug-likeness (QED) is 0.874. The van der Waals surface area contributed by atoms with Gasteiger partial charge in [-0.25, -0.2) is 0 Å². The molecule has 0 spiro atoms. The Bertz CT molecular complexity index is 707. The fraction of sp³-hybridized carbons (Fsp3) is 0.471. The van der Waals surface area contributed by atoms with Crippen molar-refractivity contribution in [3.63, 3.8) is 0 Å². The molecule has 5 nitrogen and oxygen atoms in total. The summed E-state index contributed by atoms with van der Waals surface area (Å²) in [7, 11) is 0. The van der Waals surface area contributed by atoms with Gasteiger partial charge in [-0.15, -0.1) is 0 Å².